The number of aryl methyl sites for hydroxylation is 1. The molecule has 1 amide bonds. The first-order valence-corrected chi connectivity index (χ1v) is 10.4. The van der Waals surface area contributed by atoms with Crippen LogP contribution in [0.25, 0.3) is 0 Å². The maximum absolute atomic E-state index is 12.9. The highest BCUT2D eigenvalue weighted by Gasteiger charge is 2.26. The van der Waals surface area contributed by atoms with Gasteiger partial charge in [-0.3, -0.25) is 4.79 Å². The van der Waals surface area contributed by atoms with Crippen molar-refractivity contribution in [1.29, 1.82) is 0 Å². The molecule has 0 spiro atoms. The van der Waals surface area contributed by atoms with Crippen LogP contribution in [-0.2, 0) is 14.8 Å². The minimum absolute atomic E-state index is 0.134. The molecule has 2 N–H and O–H groups in total. The van der Waals surface area contributed by atoms with Crippen molar-refractivity contribution >= 4 is 32.4 Å². The van der Waals surface area contributed by atoms with E-state index in [1.54, 1.807) is 0 Å². The SMILES string of the molecule is CC(=O)Nc1nnc(S(=O)(=O)NC(c2ccccc2)c2cccc(C)c2)s1. The second-order valence-corrected chi connectivity index (χ2v) is 8.80. The Hall–Kier alpha value is -2.62. The molecule has 1 unspecified atom stereocenters. The van der Waals surface area contributed by atoms with E-state index in [4.69, 9.17) is 0 Å². The van der Waals surface area contributed by atoms with Gasteiger partial charge in [0.2, 0.25) is 15.4 Å². The lowest BCUT2D eigenvalue weighted by Gasteiger charge is -2.19. The van der Waals surface area contributed by atoms with E-state index in [2.05, 4.69) is 20.2 Å². The van der Waals surface area contributed by atoms with Crippen LogP contribution in [0.4, 0.5) is 5.13 Å². The van der Waals surface area contributed by atoms with E-state index in [0.717, 1.165) is 28.0 Å². The average molecular weight is 403 g/mol. The topological polar surface area (TPSA) is 101 Å². The Kier molecular flexibility index (Phi) is 5.64. The van der Waals surface area contributed by atoms with Crippen molar-refractivity contribution in [3.8, 4) is 0 Å². The summed E-state index contributed by atoms with van der Waals surface area (Å²) >= 11 is 0.799. The summed E-state index contributed by atoms with van der Waals surface area (Å²) in [6.07, 6.45) is 0. The molecule has 7 nitrogen and oxygen atoms in total. The van der Waals surface area contributed by atoms with Gasteiger partial charge in [-0.15, -0.1) is 10.2 Å². The highest BCUT2D eigenvalue weighted by Crippen LogP contribution is 2.27. The molecule has 0 aliphatic heterocycles. The highest BCUT2D eigenvalue weighted by molar-refractivity contribution is 7.91. The van der Waals surface area contributed by atoms with Crippen molar-refractivity contribution in [3.63, 3.8) is 0 Å². The van der Waals surface area contributed by atoms with Crippen LogP contribution in [0.3, 0.4) is 0 Å². The number of nitrogens with zero attached hydrogens (tertiary/aromatic N) is 2. The molecule has 0 saturated heterocycles. The fraction of sp³-hybridized carbons (Fsp3) is 0.167. The number of nitrogens with one attached hydrogen (secondary N) is 2. The maximum atomic E-state index is 12.9. The van der Waals surface area contributed by atoms with Gasteiger partial charge in [-0.05, 0) is 18.1 Å². The quantitative estimate of drug-likeness (QED) is 0.618. The largest absolute Gasteiger partial charge is 0.301 e. The Bertz CT molecular complexity index is 1050. The predicted octanol–water partition coefficient (Wildman–Crippen LogP) is 2.87. The van der Waals surface area contributed by atoms with Gasteiger partial charge in [0, 0.05) is 6.92 Å². The van der Waals surface area contributed by atoms with Gasteiger partial charge in [0.05, 0.1) is 6.04 Å². The molecule has 3 aromatic rings. The smallest absolute Gasteiger partial charge is 0.270 e. The lowest BCUT2D eigenvalue weighted by atomic mass is 9.98. The predicted molar refractivity (Wildman–Crippen MR) is 104 cm³/mol. The van der Waals surface area contributed by atoms with Crippen LogP contribution in [0.15, 0.2) is 58.9 Å². The Morgan fingerprint density at radius 1 is 1.04 bits per heavy atom. The van der Waals surface area contributed by atoms with Crippen molar-refractivity contribution in [2.75, 3.05) is 5.32 Å². The zero-order valence-electron chi connectivity index (χ0n) is 14.7. The van der Waals surface area contributed by atoms with Gasteiger partial charge in [0.25, 0.3) is 10.0 Å². The second kappa shape index (κ2) is 7.95. The van der Waals surface area contributed by atoms with Gasteiger partial charge in [0.15, 0.2) is 0 Å². The molecule has 0 aliphatic rings. The van der Waals surface area contributed by atoms with Gasteiger partial charge in [-0.25, -0.2) is 8.42 Å². The molecular weight excluding hydrogens is 384 g/mol. The summed E-state index contributed by atoms with van der Waals surface area (Å²) in [5, 5.41) is 9.98. The Morgan fingerprint density at radius 3 is 2.41 bits per heavy atom. The summed E-state index contributed by atoms with van der Waals surface area (Å²) in [5.74, 6) is -0.343. The lowest BCUT2D eigenvalue weighted by molar-refractivity contribution is -0.114. The van der Waals surface area contributed by atoms with Crippen LogP contribution < -0.4 is 10.0 Å². The van der Waals surface area contributed by atoms with Crippen LogP contribution in [0.5, 0.6) is 0 Å². The van der Waals surface area contributed by atoms with E-state index in [-0.39, 0.29) is 15.4 Å². The van der Waals surface area contributed by atoms with Crippen molar-refractivity contribution in [3.05, 3.63) is 71.3 Å². The van der Waals surface area contributed by atoms with Crippen LogP contribution in [0.1, 0.15) is 29.7 Å². The van der Waals surface area contributed by atoms with E-state index >= 15 is 0 Å². The van der Waals surface area contributed by atoms with Crippen LogP contribution >= 0.6 is 11.3 Å². The van der Waals surface area contributed by atoms with E-state index in [9.17, 15) is 13.2 Å². The number of carbonyl (C=O) groups is 1. The molecule has 27 heavy (non-hydrogen) atoms. The summed E-state index contributed by atoms with van der Waals surface area (Å²) in [4.78, 5) is 11.1. The van der Waals surface area contributed by atoms with E-state index in [1.165, 1.54) is 6.92 Å². The van der Waals surface area contributed by atoms with Crippen molar-refractivity contribution < 1.29 is 13.2 Å². The number of carbonyl (C=O) groups excluding carboxylic acids is 1. The maximum Gasteiger partial charge on any atom is 0.270 e. The average Bonchev–Trinajstić information content (AvgIpc) is 3.09. The molecule has 140 valence electrons. The minimum Gasteiger partial charge on any atom is -0.301 e. The van der Waals surface area contributed by atoms with Crippen molar-refractivity contribution in [2.45, 2.75) is 24.2 Å². The lowest BCUT2D eigenvalue weighted by Crippen LogP contribution is -2.29. The third kappa shape index (κ3) is 4.76. The Morgan fingerprint density at radius 2 is 1.74 bits per heavy atom. The minimum atomic E-state index is -3.94. The highest BCUT2D eigenvalue weighted by atomic mass is 32.2. The molecule has 0 fully saturated rings. The Labute approximate surface area is 161 Å². The number of hydrogen-bond acceptors (Lipinski definition) is 6. The molecule has 2 aromatic carbocycles. The Balaban J connectivity index is 1.96. The first-order valence-electron chi connectivity index (χ1n) is 8.10. The summed E-state index contributed by atoms with van der Waals surface area (Å²) in [7, 11) is -3.94. The summed E-state index contributed by atoms with van der Waals surface area (Å²) < 4.78 is 28.2. The third-order valence-corrected chi connectivity index (χ3v) is 6.33. The molecule has 1 atom stereocenters. The zero-order valence-corrected chi connectivity index (χ0v) is 16.3. The van der Waals surface area contributed by atoms with E-state index in [0.29, 0.717) is 0 Å². The fourth-order valence-corrected chi connectivity index (χ4v) is 4.72. The van der Waals surface area contributed by atoms with E-state index < -0.39 is 16.1 Å². The van der Waals surface area contributed by atoms with Gasteiger partial charge in [-0.1, -0.05) is 71.5 Å². The zero-order chi connectivity index (χ0) is 19.4. The number of benzene rings is 2. The molecule has 1 heterocycles. The number of sulfonamides is 1. The monoisotopic (exact) mass is 402 g/mol. The molecular formula is C18H18N4O3S2. The molecule has 0 saturated carbocycles. The molecule has 9 heteroatoms. The summed E-state index contributed by atoms with van der Waals surface area (Å²) in [6, 6.07) is 16.4. The molecule has 0 bridgehead atoms. The first kappa shape index (κ1) is 19.2. The van der Waals surface area contributed by atoms with Crippen LogP contribution in [-0.4, -0.2) is 24.5 Å². The molecule has 0 radical (unpaired) electrons. The van der Waals surface area contributed by atoms with E-state index in [1.807, 2.05) is 61.5 Å². The number of hydrogen-bond donors (Lipinski definition) is 2. The van der Waals surface area contributed by atoms with Gasteiger partial charge in [0.1, 0.15) is 0 Å². The molecule has 3 rings (SSSR count). The van der Waals surface area contributed by atoms with Gasteiger partial charge < -0.3 is 5.32 Å². The molecule has 1 aromatic heterocycles. The van der Waals surface area contributed by atoms with Crippen molar-refractivity contribution in [2.24, 2.45) is 0 Å². The normalized spacial score (nSPS) is 12.5. The number of amides is 1. The number of aromatic nitrogens is 2. The van der Waals surface area contributed by atoms with Gasteiger partial charge in [-0.2, -0.15) is 4.72 Å². The molecule has 0 aliphatic carbocycles. The second-order valence-electron chi connectivity index (χ2n) is 5.93. The summed E-state index contributed by atoms with van der Waals surface area (Å²) in [6.45, 7) is 3.27. The van der Waals surface area contributed by atoms with Gasteiger partial charge >= 0.3 is 0 Å². The number of anilines is 1. The number of rotatable bonds is 6. The van der Waals surface area contributed by atoms with Crippen molar-refractivity contribution in [1.82, 2.24) is 14.9 Å². The van der Waals surface area contributed by atoms with Crippen LogP contribution in [0, 0.1) is 6.92 Å². The standard InChI is InChI=1S/C18H18N4O3S2/c1-12-7-6-10-15(11-12)16(14-8-4-3-5-9-14)22-27(24,25)18-21-20-17(26-18)19-13(2)23/h3-11,16,22H,1-2H3,(H,19,20,23). The summed E-state index contributed by atoms with van der Waals surface area (Å²) in [5.41, 5.74) is 2.64. The third-order valence-electron chi connectivity index (χ3n) is 3.70. The fourth-order valence-electron chi connectivity index (χ4n) is 2.55. The first-order chi connectivity index (χ1) is 12.8. The van der Waals surface area contributed by atoms with Crippen LogP contribution in [0.2, 0.25) is 0 Å².